The number of halogens is 1. The van der Waals surface area contributed by atoms with Crippen molar-refractivity contribution in [1.29, 1.82) is 0 Å². The lowest BCUT2D eigenvalue weighted by atomic mass is 9.96. The van der Waals surface area contributed by atoms with Gasteiger partial charge in [0.1, 0.15) is 5.82 Å². The molecule has 1 aromatic carbocycles. The Hall–Kier alpha value is -2.96. The van der Waals surface area contributed by atoms with Gasteiger partial charge in [-0.25, -0.2) is 9.18 Å². The summed E-state index contributed by atoms with van der Waals surface area (Å²) in [5.74, 6) is -0.639. The molecule has 1 aromatic heterocycles. The number of hydrogen-bond donors (Lipinski definition) is 1. The van der Waals surface area contributed by atoms with Gasteiger partial charge in [-0.2, -0.15) is 0 Å². The van der Waals surface area contributed by atoms with Gasteiger partial charge in [-0.3, -0.25) is 14.2 Å². The van der Waals surface area contributed by atoms with Crippen molar-refractivity contribution in [2.75, 3.05) is 0 Å². The Morgan fingerprint density at radius 1 is 1.15 bits per heavy atom. The Morgan fingerprint density at radius 3 is 2.35 bits per heavy atom. The summed E-state index contributed by atoms with van der Waals surface area (Å²) in [4.78, 5) is 36.0. The van der Waals surface area contributed by atoms with Crippen molar-refractivity contribution in [2.24, 2.45) is 20.0 Å². The Bertz CT molecular complexity index is 940. The van der Waals surface area contributed by atoms with Gasteiger partial charge in [0.2, 0.25) is 5.91 Å². The van der Waals surface area contributed by atoms with E-state index in [-0.39, 0.29) is 29.2 Å². The zero-order chi connectivity index (χ0) is 19.4. The van der Waals surface area contributed by atoms with Crippen LogP contribution in [0.2, 0.25) is 0 Å². The summed E-state index contributed by atoms with van der Waals surface area (Å²) in [5, 5.41) is 2.86. The topological polar surface area (TPSA) is 73.1 Å². The fraction of sp³-hybridized carbons (Fsp3) is 0.316. The molecule has 0 saturated heterocycles. The minimum Gasteiger partial charge on any atom is -0.345 e. The molecule has 26 heavy (non-hydrogen) atoms. The summed E-state index contributed by atoms with van der Waals surface area (Å²) in [5.41, 5.74) is 0.109. The Labute approximate surface area is 150 Å². The third-order valence-corrected chi connectivity index (χ3v) is 4.08. The molecule has 6 nitrogen and oxygen atoms in total. The van der Waals surface area contributed by atoms with Crippen LogP contribution in [0.4, 0.5) is 4.39 Å². The van der Waals surface area contributed by atoms with Crippen molar-refractivity contribution in [1.82, 2.24) is 14.5 Å². The molecular weight excluding hydrogens is 337 g/mol. The van der Waals surface area contributed by atoms with Gasteiger partial charge in [-0.1, -0.05) is 26.0 Å². The molecule has 0 spiro atoms. The van der Waals surface area contributed by atoms with E-state index in [0.29, 0.717) is 0 Å². The van der Waals surface area contributed by atoms with Gasteiger partial charge in [0.15, 0.2) is 0 Å². The summed E-state index contributed by atoms with van der Waals surface area (Å²) < 4.78 is 15.4. The van der Waals surface area contributed by atoms with E-state index >= 15 is 0 Å². The van der Waals surface area contributed by atoms with Crippen LogP contribution in [0.5, 0.6) is 0 Å². The van der Waals surface area contributed by atoms with Crippen LogP contribution in [0.25, 0.3) is 6.08 Å². The molecule has 0 bridgehead atoms. The standard InChI is InChI=1S/C19H22FN3O3/c1-12(2)17(13-5-8-15(20)9-6-13)21-16(24)10-7-14-11-22(3)19(26)23(4)18(14)25/h5-12,17H,1-4H3,(H,21,24)/b10-7+/t17-/m1/s1. The molecule has 2 aromatic rings. The average molecular weight is 359 g/mol. The second-order valence-electron chi connectivity index (χ2n) is 6.46. The molecule has 138 valence electrons. The highest BCUT2D eigenvalue weighted by atomic mass is 19.1. The van der Waals surface area contributed by atoms with Crippen molar-refractivity contribution >= 4 is 12.0 Å². The molecule has 1 amide bonds. The first-order valence-electron chi connectivity index (χ1n) is 8.21. The highest BCUT2D eigenvalue weighted by Gasteiger charge is 2.17. The first-order chi connectivity index (χ1) is 12.2. The number of carbonyl (C=O) groups excluding carboxylic acids is 1. The highest BCUT2D eigenvalue weighted by molar-refractivity contribution is 5.91. The van der Waals surface area contributed by atoms with Crippen LogP contribution in [-0.4, -0.2) is 15.0 Å². The lowest BCUT2D eigenvalue weighted by Crippen LogP contribution is -2.37. The molecule has 0 aliphatic heterocycles. The molecular formula is C19H22FN3O3. The van der Waals surface area contributed by atoms with E-state index < -0.39 is 11.2 Å². The highest BCUT2D eigenvalue weighted by Crippen LogP contribution is 2.21. The molecule has 0 unspecified atom stereocenters. The third kappa shape index (κ3) is 4.36. The number of aromatic nitrogens is 2. The molecule has 7 heteroatoms. The van der Waals surface area contributed by atoms with Crippen LogP contribution in [0.1, 0.15) is 31.0 Å². The number of hydrogen-bond acceptors (Lipinski definition) is 3. The van der Waals surface area contributed by atoms with E-state index in [1.165, 1.54) is 49.1 Å². The molecule has 2 rings (SSSR count). The maximum Gasteiger partial charge on any atom is 0.330 e. The lowest BCUT2D eigenvalue weighted by Gasteiger charge is -2.22. The minimum absolute atomic E-state index is 0.0863. The molecule has 1 N–H and O–H groups in total. The minimum atomic E-state index is -0.476. The van der Waals surface area contributed by atoms with E-state index in [1.807, 2.05) is 13.8 Å². The van der Waals surface area contributed by atoms with E-state index in [4.69, 9.17) is 0 Å². The van der Waals surface area contributed by atoms with Crippen LogP contribution in [0.3, 0.4) is 0 Å². The largest absolute Gasteiger partial charge is 0.345 e. The summed E-state index contributed by atoms with van der Waals surface area (Å²) in [6, 6.07) is 5.66. The predicted molar refractivity (Wildman–Crippen MR) is 98.1 cm³/mol. The Morgan fingerprint density at radius 2 is 1.77 bits per heavy atom. The van der Waals surface area contributed by atoms with Crippen LogP contribution in [0.15, 0.2) is 46.1 Å². The van der Waals surface area contributed by atoms with E-state index in [1.54, 1.807) is 12.1 Å². The van der Waals surface area contributed by atoms with Crippen LogP contribution in [-0.2, 0) is 18.9 Å². The van der Waals surface area contributed by atoms with Crippen molar-refractivity contribution in [3.05, 3.63) is 74.3 Å². The normalized spacial score (nSPS) is 12.5. The molecule has 1 atom stereocenters. The first-order valence-corrected chi connectivity index (χ1v) is 8.21. The van der Waals surface area contributed by atoms with Gasteiger partial charge >= 0.3 is 5.69 Å². The summed E-state index contributed by atoms with van der Waals surface area (Å²) in [7, 11) is 2.91. The van der Waals surface area contributed by atoms with Crippen molar-refractivity contribution in [3.63, 3.8) is 0 Å². The van der Waals surface area contributed by atoms with Crippen molar-refractivity contribution < 1.29 is 9.18 Å². The van der Waals surface area contributed by atoms with E-state index in [0.717, 1.165) is 10.1 Å². The number of nitrogens with one attached hydrogen (secondary N) is 1. The van der Waals surface area contributed by atoms with Gasteiger partial charge in [0.25, 0.3) is 5.56 Å². The number of aryl methyl sites for hydroxylation is 1. The van der Waals surface area contributed by atoms with Crippen LogP contribution in [0, 0.1) is 11.7 Å². The number of amides is 1. The second kappa shape index (κ2) is 7.95. The first kappa shape index (κ1) is 19.4. The smallest absolute Gasteiger partial charge is 0.330 e. The number of carbonyl (C=O) groups is 1. The number of benzene rings is 1. The second-order valence-corrected chi connectivity index (χ2v) is 6.46. The lowest BCUT2D eigenvalue weighted by molar-refractivity contribution is -0.117. The molecule has 0 aliphatic carbocycles. The quantitative estimate of drug-likeness (QED) is 0.827. The fourth-order valence-electron chi connectivity index (χ4n) is 2.62. The van der Waals surface area contributed by atoms with Crippen molar-refractivity contribution in [3.8, 4) is 0 Å². The summed E-state index contributed by atoms with van der Waals surface area (Å²) >= 11 is 0. The predicted octanol–water partition coefficient (Wildman–Crippen LogP) is 1.75. The zero-order valence-corrected chi connectivity index (χ0v) is 15.2. The monoisotopic (exact) mass is 359 g/mol. The van der Waals surface area contributed by atoms with Gasteiger partial charge < -0.3 is 9.88 Å². The third-order valence-electron chi connectivity index (χ3n) is 4.08. The molecule has 0 fully saturated rings. The molecule has 0 radical (unpaired) electrons. The number of rotatable bonds is 5. The van der Waals surface area contributed by atoms with Gasteiger partial charge in [-0.15, -0.1) is 0 Å². The van der Waals surface area contributed by atoms with E-state index in [9.17, 15) is 18.8 Å². The Balaban J connectivity index is 2.21. The van der Waals surface area contributed by atoms with Gasteiger partial charge in [0.05, 0.1) is 11.6 Å². The summed E-state index contributed by atoms with van der Waals surface area (Å²) in [6.07, 6.45) is 4.01. The SMILES string of the molecule is CC(C)[C@@H](NC(=O)/C=C/c1cn(C)c(=O)n(C)c1=O)c1ccc(F)cc1. The zero-order valence-electron chi connectivity index (χ0n) is 15.2. The van der Waals surface area contributed by atoms with Gasteiger partial charge in [-0.05, 0) is 29.7 Å². The number of nitrogens with zero attached hydrogens (tertiary/aromatic N) is 2. The van der Waals surface area contributed by atoms with E-state index in [2.05, 4.69) is 5.32 Å². The maximum absolute atomic E-state index is 13.1. The molecule has 1 heterocycles. The average Bonchev–Trinajstić information content (AvgIpc) is 2.60. The molecule has 0 saturated carbocycles. The van der Waals surface area contributed by atoms with Gasteiger partial charge in [0, 0.05) is 26.4 Å². The van der Waals surface area contributed by atoms with Crippen LogP contribution >= 0.6 is 0 Å². The Kier molecular flexibility index (Phi) is 5.92. The van der Waals surface area contributed by atoms with Crippen molar-refractivity contribution in [2.45, 2.75) is 19.9 Å². The van der Waals surface area contributed by atoms with Crippen LogP contribution < -0.4 is 16.6 Å². The molecule has 0 aliphatic rings. The maximum atomic E-state index is 13.1. The fourth-order valence-corrected chi connectivity index (χ4v) is 2.62. The summed E-state index contributed by atoms with van der Waals surface area (Å²) in [6.45, 7) is 3.89.